The normalized spacial score (nSPS) is 10.4. The van der Waals surface area contributed by atoms with Gasteiger partial charge in [0.2, 0.25) is 0 Å². The average molecular weight is 191 g/mol. The monoisotopic (exact) mass is 191 g/mol. The van der Waals surface area contributed by atoms with Gasteiger partial charge in [-0.1, -0.05) is 25.1 Å². The van der Waals surface area contributed by atoms with Crippen LogP contribution in [0.3, 0.4) is 0 Å². The van der Waals surface area contributed by atoms with Gasteiger partial charge in [-0.15, -0.1) is 0 Å². The molecule has 1 heterocycles. The Balaban J connectivity index is 2.78. The van der Waals surface area contributed by atoms with Gasteiger partial charge < -0.3 is 4.74 Å². The Labute approximate surface area is 83.4 Å². The summed E-state index contributed by atoms with van der Waals surface area (Å²) >= 11 is 0. The Hall–Kier alpha value is -1.64. The fourth-order valence-corrected chi connectivity index (χ4v) is 0.983. The summed E-state index contributed by atoms with van der Waals surface area (Å²) in [5, 5.41) is 0. The van der Waals surface area contributed by atoms with Crippen molar-refractivity contribution in [1.29, 1.82) is 0 Å². The largest absolute Gasteiger partial charge is 0.464 e. The van der Waals surface area contributed by atoms with Crippen molar-refractivity contribution in [2.24, 2.45) is 0 Å². The number of esters is 1. The van der Waals surface area contributed by atoms with Crippen molar-refractivity contribution < 1.29 is 9.53 Å². The average Bonchev–Trinajstić information content (AvgIpc) is 2.26. The van der Waals surface area contributed by atoms with Crippen LogP contribution < -0.4 is 0 Å². The number of aromatic nitrogens is 1. The fourth-order valence-electron chi connectivity index (χ4n) is 0.983. The Morgan fingerprint density at radius 2 is 2.36 bits per heavy atom. The Kier molecular flexibility index (Phi) is 3.85. The van der Waals surface area contributed by atoms with Crippen molar-refractivity contribution >= 4 is 12.0 Å². The second-order valence-electron chi connectivity index (χ2n) is 2.78. The molecule has 0 fully saturated rings. The quantitative estimate of drug-likeness (QED) is 0.688. The molecular formula is C11H13NO2. The topological polar surface area (TPSA) is 39.2 Å². The van der Waals surface area contributed by atoms with Crippen LogP contribution in [0, 0.1) is 0 Å². The van der Waals surface area contributed by atoms with E-state index in [2.05, 4.69) is 16.6 Å². The van der Waals surface area contributed by atoms with Gasteiger partial charge in [0, 0.05) is 6.20 Å². The van der Waals surface area contributed by atoms with E-state index in [0.717, 1.165) is 12.0 Å². The molecule has 0 spiro atoms. The van der Waals surface area contributed by atoms with Gasteiger partial charge in [-0.2, -0.15) is 0 Å². The molecule has 0 aliphatic carbocycles. The minimum Gasteiger partial charge on any atom is -0.464 e. The fraction of sp³-hybridized carbons (Fsp3) is 0.273. The summed E-state index contributed by atoms with van der Waals surface area (Å²) in [5.74, 6) is -0.406. The van der Waals surface area contributed by atoms with Crippen molar-refractivity contribution in [3.8, 4) is 0 Å². The lowest BCUT2D eigenvalue weighted by molar-refractivity contribution is 0.0594. The molecule has 74 valence electrons. The summed E-state index contributed by atoms with van der Waals surface area (Å²) in [4.78, 5) is 15.0. The molecule has 1 aromatic rings. The van der Waals surface area contributed by atoms with Crippen LogP contribution in [0.2, 0.25) is 0 Å². The Morgan fingerprint density at radius 3 is 2.86 bits per heavy atom. The van der Waals surface area contributed by atoms with E-state index in [1.165, 1.54) is 7.11 Å². The highest BCUT2D eigenvalue weighted by Gasteiger charge is 2.04. The van der Waals surface area contributed by atoms with Gasteiger partial charge in [0.25, 0.3) is 0 Å². The number of ether oxygens (including phenoxy) is 1. The summed E-state index contributed by atoms with van der Waals surface area (Å²) in [6.07, 6.45) is 6.64. The number of rotatable bonds is 3. The zero-order chi connectivity index (χ0) is 10.4. The zero-order valence-electron chi connectivity index (χ0n) is 8.36. The molecule has 0 aliphatic heterocycles. The molecule has 0 amide bonds. The predicted molar refractivity (Wildman–Crippen MR) is 54.9 cm³/mol. The molecule has 0 aromatic carbocycles. The highest BCUT2D eigenvalue weighted by atomic mass is 16.5. The van der Waals surface area contributed by atoms with Gasteiger partial charge in [0.15, 0.2) is 0 Å². The molecule has 0 aliphatic rings. The van der Waals surface area contributed by atoms with Gasteiger partial charge in [0.1, 0.15) is 5.69 Å². The lowest BCUT2D eigenvalue weighted by Crippen LogP contribution is -2.03. The third-order valence-corrected chi connectivity index (χ3v) is 1.73. The third kappa shape index (κ3) is 2.69. The summed E-state index contributed by atoms with van der Waals surface area (Å²) in [7, 11) is 1.34. The Bertz CT molecular complexity index is 328. The van der Waals surface area contributed by atoms with Crippen LogP contribution >= 0.6 is 0 Å². The molecule has 0 radical (unpaired) electrons. The molecule has 0 unspecified atom stereocenters. The number of allylic oxidation sites excluding steroid dienone is 1. The number of pyridine rings is 1. The predicted octanol–water partition coefficient (Wildman–Crippen LogP) is 2.29. The first kappa shape index (κ1) is 10.4. The standard InChI is InChI=1S/C11H13NO2/c1-3-4-5-9-6-7-10(12-8-9)11(13)14-2/h4-8H,3H2,1-2H3/b5-4+. The number of methoxy groups -OCH3 is 1. The van der Waals surface area contributed by atoms with Crippen molar-refractivity contribution in [2.45, 2.75) is 13.3 Å². The molecule has 0 saturated heterocycles. The molecule has 0 atom stereocenters. The van der Waals surface area contributed by atoms with Gasteiger partial charge in [-0.3, -0.25) is 0 Å². The van der Waals surface area contributed by atoms with E-state index < -0.39 is 5.97 Å². The lowest BCUT2D eigenvalue weighted by atomic mass is 10.2. The molecule has 14 heavy (non-hydrogen) atoms. The summed E-state index contributed by atoms with van der Waals surface area (Å²) in [5.41, 5.74) is 1.32. The van der Waals surface area contributed by atoms with Crippen LogP contribution in [0.25, 0.3) is 6.08 Å². The number of carbonyl (C=O) groups excluding carboxylic acids is 1. The number of carbonyl (C=O) groups is 1. The Morgan fingerprint density at radius 1 is 1.57 bits per heavy atom. The smallest absolute Gasteiger partial charge is 0.356 e. The van der Waals surface area contributed by atoms with E-state index in [-0.39, 0.29) is 0 Å². The number of nitrogens with zero attached hydrogens (tertiary/aromatic N) is 1. The first-order valence-electron chi connectivity index (χ1n) is 4.49. The second kappa shape index (κ2) is 5.17. The van der Waals surface area contributed by atoms with Crippen molar-refractivity contribution in [3.63, 3.8) is 0 Å². The highest BCUT2D eigenvalue weighted by Crippen LogP contribution is 2.04. The molecule has 3 nitrogen and oxygen atoms in total. The maximum Gasteiger partial charge on any atom is 0.356 e. The van der Waals surface area contributed by atoms with Crippen LogP contribution in [-0.4, -0.2) is 18.1 Å². The molecule has 0 N–H and O–H groups in total. The van der Waals surface area contributed by atoms with Crippen LogP contribution in [0.5, 0.6) is 0 Å². The van der Waals surface area contributed by atoms with Crippen molar-refractivity contribution in [3.05, 3.63) is 35.7 Å². The van der Waals surface area contributed by atoms with Crippen molar-refractivity contribution in [1.82, 2.24) is 4.98 Å². The van der Waals surface area contributed by atoms with Gasteiger partial charge in [-0.25, -0.2) is 9.78 Å². The van der Waals surface area contributed by atoms with Crippen LogP contribution in [0.4, 0.5) is 0 Å². The van der Waals surface area contributed by atoms with E-state index in [1.54, 1.807) is 12.3 Å². The maximum atomic E-state index is 11.0. The molecule has 0 bridgehead atoms. The van der Waals surface area contributed by atoms with E-state index >= 15 is 0 Å². The van der Waals surface area contributed by atoms with Gasteiger partial charge in [-0.05, 0) is 18.1 Å². The van der Waals surface area contributed by atoms with Gasteiger partial charge >= 0.3 is 5.97 Å². The number of hydrogen-bond donors (Lipinski definition) is 0. The van der Waals surface area contributed by atoms with E-state index in [9.17, 15) is 4.79 Å². The van der Waals surface area contributed by atoms with Gasteiger partial charge in [0.05, 0.1) is 7.11 Å². The zero-order valence-corrected chi connectivity index (χ0v) is 8.36. The van der Waals surface area contributed by atoms with Crippen LogP contribution in [0.15, 0.2) is 24.4 Å². The van der Waals surface area contributed by atoms with Crippen LogP contribution in [0.1, 0.15) is 29.4 Å². The molecule has 0 saturated carbocycles. The van der Waals surface area contributed by atoms with Crippen LogP contribution in [-0.2, 0) is 4.74 Å². The summed E-state index contributed by atoms with van der Waals surface area (Å²) < 4.78 is 4.54. The first-order valence-corrected chi connectivity index (χ1v) is 4.49. The molecule has 1 rings (SSSR count). The molecule has 3 heteroatoms. The summed E-state index contributed by atoms with van der Waals surface area (Å²) in [6.45, 7) is 2.06. The summed E-state index contributed by atoms with van der Waals surface area (Å²) in [6, 6.07) is 3.49. The second-order valence-corrected chi connectivity index (χ2v) is 2.78. The lowest BCUT2D eigenvalue weighted by Gasteiger charge is -1.97. The molecule has 1 aromatic heterocycles. The van der Waals surface area contributed by atoms with E-state index in [0.29, 0.717) is 5.69 Å². The van der Waals surface area contributed by atoms with E-state index in [4.69, 9.17) is 0 Å². The van der Waals surface area contributed by atoms with E-state index in [1.807, 2.05) is 18.2 Å². The number of hydrogen-bond acceptors (Lipinski definition) is 3. The minimum atomic E-state index is -0.406. The third-order valence-electron chi connectivity index (χ3n) is 1.73. The minimum absolute atomic E-state index is 0.334. The maximum absolute atomic E-state index is 11.0. The SMILES string of the molecule is CC/C=C/c1ccc(C(=O)OC)nc1. The van der Waals surface area contributed by atoms with Crippen molar-refractivity contribution in [2.75, 3.05) is 7.11 Å². The first-order chi connectivity index (χ1) is 6.77. The molecular weight excluding hydrogens is 178 g/mol. The highest BCUT2D eigenvalue weighted by molar-refractivity contribution is 5.87.